The molecule has 4 heteroatoms. The van der Waals surface area contributed by atoms with Crippen LogP contribution in [-0.2, 0) is 9.53 Å². The Morgan fingerprint density at radius 3 is 2.62 bits per heavy atom. The number of esters is 1. The number of hydrogen-bond donors (Lipinski definition) is 0. The summed E-state index contributed by atoms with van der Waals surface area (Å²) in [7, 11) is 0. The number of likely N-dealkylation sites (tertiary alicyclic amines) is 1. The highest BCUT2D eigenvalue weighted by molar-refractivity contribution is 7.80. The molecule has 0 N–H and O–H groups in total. The van der Waals surface area contributed by atoms with E-state index in [4.69, 9.17) is 17.0 Å². The number of carbonyl (C=O) groups is 1. The summed E-state index contributed by atoms with van der Waals surface area (Å²) in [6.45, 7) is 4.23. The SMILES string of the molecule is CCOC(=O)CC(=S)N1CCCC1. The van der Waals surface area contributed by atoms with E-state index in [9.17, 15) is 4.79 Å². The highest BCUT2D eigenvalue weighted by atomic mass is 32.1. The lowest BCUT2D eigenvalue weighted by atomic mass is 10.4. The van der Waals surface area contributed by atoms with Crippen LogP contribution < -0.4 is 0 Å². The van der Waals surface area contributed by atoms with E-state index >= 15 is 0 Å². The molecule has 0 atom stereocenters. The standard InChI is InChI=1S/C9H15NO2S/c1-2-12-9(11)7-8(13)10-5-3-4-6-10/h2-7H2,1H3. The predicted molar refractivity (Wildman–Crippen MR) is 54.7 cm³/mol. The minimum Gasteiger partial charge on any atom is -0.466 e. The average molecular weight is 201 g/mol. The first kappa shape index (κ1) is 10.4. The number of rotatable bonds is 3. The maximum absolute atomic E-state index is 11.1. The van der Waals surface area contributed by atoms with Crippen LogP contribution in [0.1, 0.15) is 26.2 Å². The minimum absolute atomic E-state index is 0.209. The van der Waals surface area contributed by atoms with Crippen LogP contribution in [0.3, 0.4) is 0 Å². The molecule has 0 aliphatic carbocycles. The first-order chi connectivity index (χ1) is 6.24. The van der Waals surface area contributed by atoms with Crippen molar-refractivity contribution in [2.45, 2.75) is 26.2 Å². The highest BCUT2D eigenvalue weighted by Crippen LogP contribution is 2.10. The van der Waals surface area contributed by atoms with Crippen molar-refractivity contribution in [1.82, 2.24) is 4.90 Å². The Morgan fingerprint density at radius 2 is 2.08 bits per heavy atom. The van der Waals surface area contributed by atoms with Crippen molar-refractivity contribution in [2.24, 2.45) is 0 Å². The van der Waals surface area contributed by atoms with E-state index in [-0.39, 0.29) is 12.4 Å². The number of hydrogen-bond acceptors (Lipinski definition) is 3. The van der Waals surface area contributed by atoms with Crippen LogP contribution in [0.4, 0.5) is 0 Å². The van der Waals surface area contributed by atoms with Gasteiger partial charge in [-0.3, -0.25) is 4.79 Å². The lowest BCUT2D eigenvalue weighted by Gasteiger charge is -2.17. The Bertz CT molecular complexity index is 200. The lowest BCUT2D eigenvalue weighted by Crippen LogP contribution is -2.28. The fourth-order valence-electron chi connectivity index (χ4n) is 1.41. The molecule has 1 aliphatic rings. The number of thiocarbonyl (C=S) groups is 1. The molecular weight excluding hydrogens is 186 g/mol. The summed E-state index contributed by atoms with van der Waals surface area (Å²) < 4.78 is 4.82. The zero-order valence-corrected chi connectivity index (χ0v) is 8.73. The zero-order valence-electron chi connectivity index (χ0n) is 7.91. The zero-order chi connectivity index (χ0) is 9.68. The van der Waals surface area contributed by atoms with Gasteiger partial charge in [-0.05, 0) is 19.8 Å². The van der Waals surface area contributed by atoms with Gasteiger partial charge in [0.15, 0.2) is 0 Å². The van der Waals surface area contributed by atoms with Gasteiger partial charge in [0.05, 0.1) is 18.0 Å². The maximum Gasteiger partial charge on any atom is 0.312 e. The Balaban J connectivity index is 2.27. The van der Waals surface area contributed by atoms with Gasteiger partial charge in [-0.15, -0.1) is 0 Å². The van der Waals surface area contributed by atoms with Crippen molar-refractivity contribution < 1.29 is 9.53 Å². The van der Waals surface area contributed by atoms with Gasteiger partial charge in [0.25, 0.3) is 0 Å². The Labute approximate surface area is 84.0 Å². The smallest absolute Gasteiger partial charge is 0.312 e. The van der Waals surface area contributed by atoms with Gasteiger partial charge in [0, 0.05) is 13.1 Å². The van der Waals surface area contributed by atoms with E-state index in [1.165, 1.54) is 12.8 Å². The third-order valence-electron chi connectivity index (χ3n) is 2.06. The van der Waals surface area contributed by atoms with Crippen molar-refractivity contribution >= 4 is 23.2 Å². The van der Waals surface area contributed by atoms with Crippen molar-refractivity contribution in [3.63, 3.8) is 0 Å². The van der Waals surface area contributed by atoms with Crippen molar-refractivity contribution in [3.8, 4) is 0 Å². The summed E-state index contributed by atoms with van der Waals surface area (Å²) in [5, 5.41) is 0. The van der Waals surface area contributed by atoms with Gasteiger partial charge >= 0.3 is 5.97 Å². The molecule has 0 aromatic rings. The Morgan fingerprint density at radius 1 is 1.46 bits per heavy atom. The number of nitrogens with zero attached hydrogens (tertiary/aromatic N) is 1. The molecule has 1 heterocycles. The monoisotopic (exact) mass is 201 g/mol. The third kappa shape index (κ3) is 3.30. The van der Waals surface area contributed by atoms with E-state index in [0.29, 0.717) is 6.61 Å². The number of ether oxygens (including phenoxy) is 1. The predicted octanol–water partition coefficient (Wildman–Crippen LogP) is 1.36. The van der Waals surface area contributed by atoms with Crippen molar-refractivity contribution in [2.75, 3.05) is 19.7 Å². The fourth-order valence-corrected chi connectivity index (χ4v) is 1.71. The summed E-state index contributed by atoms with van der Waals surface area (Å²) >= 11 is 5.13. The molecule has 3 nitrogen and oxygen atoms in total. The van der Waals surface area contributed by atoms with E-state index in [1.54, 1.807) is 6.92 Å². The van der Waals surface area contributed by atoms with E-state index in [0.717, 1.165) is 18.1 Å². The maximum atomic E-state index is 11.1. The molecule has 1 rings (SSSR count). The van der Waals surface area contributed by atoms with Crippen LogP contribution in [-0.4, -0.2) is 35.6 Å². The molecule has 0 radical (unpaired) electrons. The van der Waals surface area contributed by atoms with Crippen molar-refractivity contribution in [3.05, 3.63) is 0 Å². The second-order valence-corrected chi connectivity index (χ2v) is 3.54. The van der Waals surface area contributed by atoms with Crippen LogP contribution in [0.15, 0.2) is 0 Å². The number of carbonyl (C=O) groups excluding carboxylic acids is 1. The van der Waals surface area contributed by atoms with Crippen LogP contribution in [0.25, 0.3) is 0 Å². The first-order valence-electron chi connectivity index (χ1n) is 4.67. The van der Waals surface area contributed by atoms with Gasteiger partial charge in [0.2, 0.25) is 0 Å². The summed E-state index contributed by atoms with van der Waals surface area (Å²) in [5.74, 6) is -0.209. The van der Waals surface area contributed by atoms with Gasteiger partial charge < -0.3 is 9.64 Å². The molecular formula is C9H15NO2S. The average Bonchev–Trinajstić information content (AvgIpc) is 2.55. The normalized spacial score (nSPS) is 15.9. The molecule has 74 valence electrons. The molecule has 0 unspecified atom stereocenters. The van der Waals surface area contributed by atoms with Crippen LogP contribution in [0.2, 0.25) is 0 Å². The summed E-state index contributed by atoms with van der Waals surface area (Å²) in [6.07, 6.45) is 2.63. The lowest BCUT2D eigenvalue weighted by molar-refractivity contribution is -0.141. The molecule has 0 spiro atoms. The third-order valence-corrected chi connectivity index (χ3v) is 2.46. The van der Waals surface area contributed by atoms with E-state index < -0.39 is 0 Å². The van der Waals surface area contributed by atoms with Gasteiger partial charge in [-0.25, -0.2) is 0 Å². The molecule has 1 fully saturated rings. The molecule has 0 saturated carbocycles. The van der Waals surface area contributed by atoms with Gasteiger partial charge in [0.1, 0.15) is 0 Å². The Kier molecular flexibility index (Phi) is 4.15. The molecule has 1 aliphatic heterocycles. The first-order valence-corrected chi connectivity index (χ1v) is 5.08. The topological polar surface area (TPSA) is 29.5 Å². The summed E-state index contributed by atoms with van der Waals surface area (Å²) in [4.78, 5) is 13.9. The summed E-state index contributed by atoms with van der Waals surface area (Å²) in [5.41, 5.74) is 0. The summed E-state index contributed by atoms with van der Waals surface area (Å²) in [6, 6.07) is 0. The van der Waals surface area contributed by atoms with E-state index in [2.05, 4.69) is 4.90 Å². The molecule has 0 bridgehead atoms. The van der Waals surface area contributed by atoms with Gasteiger partial charge in [-0.1, -0.05) is 12.2 Å². The highest BCUT2D eigenvalue weighted by Gasteiger charge is 2.17. The van der Waals surface area contributed by atoms with Gasteiger partial charge in [-0.2, -0.15) is 0 Å². The molecule has 0 amide bonds. The van der Waals surface area contributed by atoms with E-state index in [1.807, 2.05) is 0 Å². The van der Waals surface area contributed by atoms with Crippen LogP contribution in [0, 0.1) is 0 Å². The molecule has 0 aromatic carbocycles. The molecule has 1 saturated heterocycles. The van der Waals surface area contributed by atoms with Crippen LogP contribution in [0.5, 0.6) is 0 Å². The second kappa shape index (κ2) is 5.17. The quantitative estimate of drug-likeness (QED) is 0.509. The van der Waals surface area contributed by atoms with Crippen LogP contribution >= 0.6 is 12.2 Å². The minimum atomic E-state index is -0.209. The fraction of sp³-hybridized carbons (Fsp3) is 0.778. The van der Waals surface area contributed by atoms with Crippen molar-refractivity contribution in [1.29, 1.82) is 0 Å². The Hall–Kier alpha value is -0.640. The molecule has 0 aromatic heterocycles. The molecule has 13 heavy (non-hydrogen) atoms. The largest absolute Gasteiger partial charge is 0.466 e. The second-order valence-electron chi connectivity index (χ2n) is 3.07.